The van der Waals surface area contributed by atoms with Crippen molar-refractivity contribution in [2.24, 2.45) is 0 Å². The third-order valence-electron chi connectivity index (χ3n) is 4.86. The Morgan fingerprint density at radius 2 is 2.03 bits per heavy atom. The average Bonchev–Trinajstić information content (AvgIpc) is 3.17. The number of carbonyl (C=O) groups is 2. The van der Waals surface area contributed by atoms with Gasteiger partial charge in [0.05, 0.1) is 17.8 Å². The molecule has 0 fully saturated rings. The second-order valence-corrected chi connectivity index (χ2v) is 7.34. The molecule has 2 aromatic rings. The summed E-state index contributed by atoms with van der Waals surface area (Å²) in [6.45, 7) is 4.67. The van der Waals surface area contributed by atoms with Gasteiger partial charge < -0.3 is 20.3 Å². The van der Waals surface area contributed by atoms with Crippen LogP contribution in [0.4, 0.5) is 0 Å². The Kier molecular flexibility index (Phi) is 6.39. The summed E-state index contributed by atoms with van der Waals surface area (Å²) in [7, 11) is 0. The first kappa shape index (κ1) is 20.7. The number of aryl methyl sites for hydroxylation is 1. The van der Waals surface area contributed by atoms with Gasteiger partial charge in [-0.05, 0) is 38.0 Å². The van der Waals surface area contributed by atoms with Gasteiger partial charge in [-0.3, -0.25) is 4.79 Å². The predicted molar refractivity (Wildman–Crippen MR) is 110 cm³/mol. The van der Waals surface area contributed by atoms with E-state index in [0.29, 0.717) is 34.1 Å². The monoisotopic (exact) mass is 414 g/mol. The van der Waals surface area contributed by atoms with Crippen LogP contribution in [0.1, 0.15) is 31.7 Å². The molecule has 1 aromatic carbocycles. The number of hydrogen-bond acceptors (Lipinski definition) is 4. The highest BCUT2D eigenvalue weighted by Gasteiger charge is 2.36. The minimum absolute atomic E-state index is 0.140. The van der Waals surface area contributed by atoms with E-state index in [0.717, 1.165) is 13.0 Å². The molecule has 1 aromatic heterocycles. The number of carboxylic acids is 1. The van der Waals surface area contributed by atoms with E-state index in [1.165, 1.54) is 0 Å². The standard InChI is InChI=1S/C21H23ClN4O3/c1-13-17(20(27)24-7-4-9-26-10-8-23-12-26)19(15-5-3-6-16(22)11-15)18(21(28)29)14(2)25-13/h3,5-6,8,10-12,19,25H,4,7,9H2,1-2H3,(H,24,27)(H,28,29). The number of imidazole rings is 1. The Morgan fingerprint density at radius 3 is 2.69 bits per heavy atom. The second kappa shape index (κ2) is 8.96. The Hall–Kier alpha value is -3.06. The number of halogens is 1. The summed E-state index contributed by atoms with van der Waals surface area (Å²) >= 11 is 6.14. The number of nitrogens with one attached hydrogen (secondary N) is 2. The number of benzene rings is 1. The fourth-order valence-corrected chi connectivity index (χ4v) is 3.77. The van der Waals surface area contributed by atoms with E-state index < -0.39 is 11.9 Å². The second-order valence-electron chi connectivity index (χ2n) is 6.91. The lowest BCUT2D eigenvalue weighted by Crippen LogP contribution is -2.36. The quantitative estimate of drug-likeness (QED) is 0.605. The molecule has 0 aliphatic carbocycles. The van der Waals surface area contributed by atoms with E-state index >= 15 is 0 Å². The molecule has 1 unspecified atom stereocenters. The molecule has 1 aliphatic rings. The molecule has 0 radical (unpaired) electrons. The van der Waals surface area contributed by atoms with Crippen molar-refractivity contribution in [3.05, 3.63) is 76.1 Å². The number of nitrogens with zero attached hydrogens (tertiary/aromatic N) is 2. The average molecular weight is 415 g/mol. The molecule has 29 heavy (non-hydrogen) atoms. The van der Waals surface area contributed by atoms with Gasteiger partial charge in [0, 0.05) is 47.5 Å². The summed E-state index contributed by atoms with van der Waals surface area (Å²) < 4.78 is 1.93. The lowest BCUT2D eigenvalue weighted by atomic mass is 9.80. The number of dihydropyridines is 1. The minimum atomic E-state index is -1.07. The highest BCUT2D eigenvalue weighted by Crippen LogP contribution is 2.38. The maximum Gasteiger partial charge on any atom is 0.334 e. The molecule has 1 aliphatic heterocycles. The van der Waals surface area contributed by atoms with Gasteiger partial charge in [-0.15, -0.1) is 0 Å². The molecule has 1 atom stereocenters. The van der Waals surface area contributed by atoms with Crippen LogP contribution in [0.15, 0.2) is 65.5 Å². The summed E-state index contributed by atoms with van der Waals surface area (Å²) in [4.78, 5) is 29.0. The molecular weight excluding hydrogens is 392 g/mol. The van der Waals surface area contributed by atoms with Crippen LogP contribution in [0.25, 0.3) is 0 Å². The number of carboxylic acid groups (broad SMARTS) is 1. The molecule has 8 heteroatoms. The van der Waals surface area contributed by atoms with Crippen LogP contribution in [0.3, 0.4) is 0 Å². The van der Waals surface area contributed by atoms with E-state index in [4.69, 9.17) is 11.6 Å². The van der Waals surface area contributed by atoms with Gasteiger partial charge in [-0.25, -0.2) is 9.78 Å². The van der Waals surface area contributed by atoms with Crippen LogP contribution in [0, 0.1) is 0 Å². The molecule has 0 spiro atoms. The van der Waals surface area contributed by atoms with Crippen LogP contribution in [-0.2, 0) is 16.1 Å². The molecule has 7 nitrogen and oxygen atoms in total. The minimum Gasteiger partial charge on any atom is -0.478 e. The van der Waals surface area contributed by atoms with Gasteiger partial charge >= 0.3 is 5.97 Å². The van der Waals surface area contributed by atoms with Gasteiger partial charge in [-0.2, -0.15) is 0 Å². The molecule has 3 N–H and O–H groups in total. The smallest absolute Gasteiger partial charge is 0.334 e. The van der Waals surface area contributed by atoms with Crippen LogP contribution in [-0.4, -0.2) is 33.1 Å². The predicted octanol–water partition coefficient (Wildman–Crippen LogP) is 3.06. The number of aromatic nitrogens is 2. The third-order valence-corrected chi connectivity index (χ3v) is 5.09. The number of rotatable bonds is 7. The molecule has 3 rings (SSSR count). The molecule has 152 valence electrons. The molecule has 2 heterocycles. The van der Waals surface area contributed by atoms with Crippen molar-refractivity contribution in [2.45, 2.75) is 32.7 Å². The lowest BCUT2D eigenvalue weighted by molar-refractivity contribution is -0.133. The zero-order valence-corrected chi connectivity index (χ0v) is 17.0. The SMILES string of the molecule is CC1=C(C(=O)O)C(c2cccc(Cl)c2)C(C(=O)NCCCn2ccnc2)=C(C)N1. The van der Waals surface area contributed by atoms with Crippen molar-refractivity contribution >= 4 is 23.5 Å². The molecule has 0 saturated carbocycles. The first-order valence-electron chi connectivity index (χ1n) is 9.29. The number of aliphatic carboxylic acids is 1. The van der Waals surface area contributed by atoms with Crippen molar-refractivity contribution in [2.75, 3.05) is 6.54 Å². The van der Waals surface area contributed by atoms with Crippen molar-refractivity contribution in [3.8, 4) is 0 Å². The van der Waals surface area contributed by atoms with Gasteiger partial charge in [0.15, 0.2) is 0 Å². The fourth-order valence-electron chi connectivity index (χ4n) is 3.58. The number of allylic oxidation sites excluding steroid dienone is 2. The molecule has 1 amide bonds. The topological polar surface area (TPSA) is 96.2 Å². The van der Waals surface area contributed by atoms with Crippen molar-refractivity contribution in [1.29, 1.82) is 0 Å². The van der Waals surface area contributed by atoms with E-state index in [9.17, 15) is 14.7 Å². The van der Waals surface area contributed by atoms with Gasteiger partial charge in [0.25, 0.3) is 0 Å². The lowest BCUT2D eigenvalue weighted by Gasteiger charge is -2.30. The van der Waals surface area contributed by atoms with Crippen LogP contribution in [0.5, 0.6) is 0 Å². The number of amides is 1. The Balaban J connectivity index is 1.84. The van der Waals surface area contributed by atoms with Crippen LogP contribution < -0.4 is 10.6 Å². The number of carbonyl (C=O) groups excluding carboxylic acids is 1. The van der Waals surface area contributed by atoms with Crippen molar-refractivity contribution < 1.29 is 14.7 Å². The number of hydrogen-bond donors (Lipinski definition) is 3. The fraction of sp³-hybridized carbons (Fsp3) is 0.286. The zero-order valence-electron chi connectivity index (χ0n) is 16.3. The third kappa shape index (κ3) is 4.68. The van der Waals surface area contributed by atoms with Gasteiger partial charge in [0.1, 0.15) is 0 Å². The highest BCUT2D eigenvalue weighted by atomic mass is 35.5. The molecular formula is C21H23ClN4O3. The maximum atomic E-state index is 13.0. The first-order chi connectivity index (χ1) is 13.9. The van der Waals surface area contributed by atoms with E-state index in [-0.39, 0.29) is 11.5 Å². The van der Waals surface area contributed by atoms with Crippen molar-refractivity contribution in [3.63, 3.8) is 0 Å². The Morgan fingerprint density at radius 1 is 1.28 bits per heavy atom. The maximum absolute atomic E-state index is 13.0. The summed E-state index contributed by atoms with van der Waals surface area (Å²) in [6, 6.07) is 6.96. The van der Waals surface area contributed by atoms with Gasteiger partial charge in [-0.1, -0.05) is 23.7 Å². The summed E-state index contributed by atoms with van der Waals surface area (Å²) in [5.41, 5.74) is 2.33. The highest BCUT2D eigenvalue weighted by molar-refractivity contribution is 6.30. The largest absolute Gasteiger partial charge is 0.478 e. The first-order valence-corrected chi connectivity index (χ1v) is 9.67. The van der Waals surface area contributed by atoms with E-state index in [2.05, 4.69) is 15.6 Å². The molecule has 0 bridgehead atoms. The van der Waals surface area contributed by atoms with E-state index in [1.807, 2.05) is 10.8 Å². The Bertz CT molecular complexity index is 980. The summed E-state index contributed by atoms with van der Waals surface area (Å²) in [5, 5.41) is 16.3. The van der Waals surface area contributed by atoms with E-state index in [1.54, 1.807) is 50.6 Å². The van der Waals surface area contributed by atoms with Crippen LogP contribution >= 0.6 is 11.6 Å². The summed E-state index contributed by atoms with van der Waals surface area (Å²) in [5.74, 6) is -2.07. The normalized spacial score (nSPS) is 16.6. The van der Waals surface area contributed by atoms with Crippen molar-refractivity contribution in [1.82, 2.24) is 20.2 Å². The zero-order chi connectivity index (χ0) is 21.0. The van der Waals surface area contributed by atoms with Gasteiger partial charge in [0.2, 0.25) is 5.91 Å². The summed E-state index contributed by atoms with van der Waals surface area (Å²) in [6.07, 6.45) is 6.02. The Labute approximate surface area is 174 Å². The van der Waals surface area contributed by atoms with Crippen LogP contribution in [0.2, 0.25) is 5.02 Å². The molecule has 0 saturated heterocycles.